The highest BCUT2D eigenvalue weighted by Crippen LogP contribution is 2.33. The number of rotatable bonds is 4. The van der Waals surface area contributed by atoms with E-state index in [1.807, 2.05) is 0 Å². The topological polar surface area (TPSA) is 101 Å². The lowest BCUT2D eigenvalue weighted by Gasteiger charge is -2.16. The fraction of sp³-hybridized carbons (Fsp3) is 0.231. The first-order valence-corrected chi connectivity index (χ1v) is 5.88. The van der Waals surface area contributed by atoms with Crippen molar-refractivity contribution in [2.45, 2.75) is 6.42 Å². The van der Waals surface area contributed by atoms with E-state index in [-0.39, 0.29) is 35.2 Å². The molecule has 1 saturated heterocycles. The second-order valence-corrected chi connectivity index (χ2v) is 4.47. The van der Waals surface area contributed by atoms with E-state index >= 15 is 0 Å². The molecule has 0 aromatic heterocycles. The van der Waals surface area contributed by atoms with Gasteiger partial charge < -0.3 is 10.0 Å². The Morgan fingerprint density at radius 3 is 2.75 bits per heavy atom. The molecular weight excluding hydrogens is 264 g/mol. The van der Waals surface area contributed by atoms with Crippen molar-refractivity contribution in [2.75, 3.05) is 11.4 Å². The Balaban J connectivity index is 2.46. The normalized spacial score (nSPS) is 18.1. The van der Waals surface area contributed by atoms with E-state index in [4.69, 9.17) is 5.11 Å². The van der Waals surface area contributed by atoms with Gasteiger partial charge in [-0.05, 0) is 12.1 Å². The van der Waals surface area contributed by atoms with Gasteiger partial charge in [-0.3, -0.25) is 14.9 Å². The second kappa shape index (κ2) is 5.12. The van der Waals surface area contributed by atoms with E-state index in [9.17, 15) is 19.7 Å². The monoisotopic (exact) mass is 276 g/mol. The fourth-order valence-corrected chi connectivity index (χ4v) is 2.16. The highest BCUT2D eigenvalue weighted by Gasteiger charge is 2.33. The maximum atomic E-state index is 11.9. The van der Waals surface area contributed by atoms with Gasteiger partial charge in [0, 0.05) is 24.9 Å². The van der Waals surface area contributed by atoms with Crippen LogP contribution in [-0.4, -0.2) is 28.5 Å². The van der Waals surface area contributed by atoms with Crippen LogP contribution in [0.15, 0.2) is 30.9 Å². The standard InChI is InChI=1S/C13H12N2O5/c1-2-8-5-12(16)14(7-8)10-4-3-9(13(17)18)6-11(10)15(19)20/h2-4,6,8H,1,5,7H2,(H,17,18). The number of carboxylic acid groups (broad SMARTS) is 1. The van der Waals surface area contributed by atoms with Crippen molar-refractivity contribution in [3.8, 4) is 0 Å². The van der Waals surface area contributed by atoms with E-state index in [0.29, 0.717) is 6.54 Å². The van der Waals surface area contributed by atoms with Crippen molar-refractivity contribution in [3.05, 3.63) is 46.5 Å². The predicted molar refractivity (Wildman–Crippen MR) is 70.7 cm³/mol. The second-order valence-electron chi connectivity index (χ2n) is 4.47. The first-order valence-electron chi connectivity index (χ1n) is 5.88. The number of hydrogen-bond acceptors (Lipinski definition) is 4. The Morgan fingerprint density at radius 2 is 2.25 bits per heavy atom. The summed E-state index contributed by atoms with van der Waals surface area (Å²) in [6.45, 7) is 3.92. The van der Waals surface area contributed by atoms with Crippen molar-refractivity contribution in [1.29, 1.82) is 0 Å². The van der Waals surface area contributed by atoms with Crippen LogP contribution in [0.4, 0.5) is 11.4 Å². The lowest BCUT2D eigenvalue weighted by Crippen LogP contribution is -2.25. The Morgan fingerprint density at radius 1 is 1.55 bits per heavy atom. The largest absolute Gasteiger partial charge is 0.478 e. The van der Waals surface area contributed by atoms with Gasteiger partial charge in [0.2, 0.25) is 5.91 Å². The Labute approximate surface area is 114 Å². The quantitative estimate of drug-likeness (QED) is 0.513. The van der Waals surface area contributed by atoms with Crippen LogP contribution in [0.5, 0.6) is 0 Å². The third-order valence-electron chi connectivity index (χ3n) is 3.20. The number of benzene rings is 1. The average molecular weight is 276 g/mol. The SMILES string of the molecule is C=CC1CC(=O)N(c2ccc(C(=O)O)cc2[N+](=O)[O-])C1. The van der Waals surface area contributed by atoms with E-state index in [1.165, 1.54) is 17.0 Å². The van der Waals surface area contributed by atoms with Crippen molar-refractivity contribution in [2.24, 2.45) is 5.92 Å². The van der Waals surface area contributed by atoms with Gasteiger partial charge in [0.25, 0.3) is 5.69 Å². The number of carboxylic acids is 1. The highest BCUT2D eigenvalue weighted by atomic mass is 16.6. The molecule has 0 aliphatic carbocycles. The third kappa shape index (κ3) is 2.37. The zero-order valence-corrected chi connectivity index (χ0v) is 10.5. The molecule has 1 heterocycles. The summed E-state index contributed by atoms with van der Waals surface area (Å²) in [7, 11) is 0. The molecule has 0 bridgehead atoms. The van der Waals surface area contributed by atoms with Gasteiger partial charge in [0.1, 0.15) is 5.69 Å². The summed E-state index contributed by atoms with van der Waals surface area (Å²) in [5, 5.41) is 19.9. The zero-order chi connectivity index (χ0) is 14.9. The molecule has 104 valence electrons. The molecule has 1 aliphatic heterocycles. The van der Waals surface area contributed by atoms with Crippen LogP contribution in [0, 0.1) is 16.0 Å². The van der Waals surface area contributed by atoms with Gasteiger partial charge in [-0.2, -0.15) is 0 Å². The number of carbonyl (C=O) groups is 2. The summed E-state index contributed by atoms with van der Waals surface area (Å²) in [5.74, 6) is -1.54. The molecule has 1 amide bonds. The molecule has 0 spiro atoms. The minimum absolute atomic E-state index is 0.0544. The zero-order valence-electron chi connectivity index (χ0n) is 10.5. The predicted octanol–water partition coefficient (Wildman–Crippen LogP) is 1.83. The van der Waals surface area contributed by atoms with Gasteiger partial charge in [-0.15, -0.1) is 6.58 Å². The summed E-state index contributed by atoms with van der Waals surface area (Å²) < 4.78 is 0. The molecule has 1 unspecified atom stereocenters. The summed E-state index contributed by atoms with van der Waals surface area (Å²) in [4.78, 5) is 34.4. The number of carbonyl (C=O) groups excluding carboxylic acids is 1. The molecule has 1 aliphatic rings. The van der Waals surface area contributed by atoms with Gasteiger partial charge in [-0.1, -0.05) is 6.08 Å². The Bertz CT molecular complexity index is 611. The highest BCUT2D eigenvalue weighted by molar-refractivity contribution is 5.99. The number of nitrogens with zero attached hydrogens (tertiary/aromatic N) is 2. The number of amides is 1. The van der Waals surface area contributed by atoms with Crippen molar-refractivity contribution in [1.82, 2.24) is 0 Å². The van der Waals surface area contributed by atoms with Crippen molar-refractivity contribution >= 4 is 23.3 Å². The van der Waals surface area contributed by atoms with E-state index in [2.05, 4.69) is 6.58 Å². The molecule has 1 aromatic carbocycles. The molecular formula is C13H12N2O5. The van der Waals surface area contributed by atoms with Gasteiger partial charge in [0.15, 0.2) is 0 Å². The smallest absolute Gasteiger partial charge is 0.335 e. The molecule has 7 heteroatoms. The molecule has 2 rings (SSSR count). The van der Waals surface area contributed by atoms with Crippen LogP contribution in [0.3, 0.4) is 0 Å². The van der Waals surface area contributed by atoms with Crippen LogP contribution in [0.25, 0.3) is 0 Å². The maximum absolute atomic E-state index is 11.9. The van der Waals surface area contributed by atoms with Crippen LogP contribution in [0.1, 0.15) is 16.8 Å². The maximum Gasteiger partial charge on any atom is 0.335 e. The Kier molecular flexibility index (Phi) is 3.51. The van der Waals surface area contributed by atoms with E-state index < -0.39 is 10.9 Å². The average Bonchev–Trinajstić information content (AvgIpc) is 2.79. The lowest BCUT2D eigenvalue weighted by molar-refractivity contribution is -0.384. The molecule has 0 saturated carbocycles. The van der Waals surface area contributed by atoms with Crippen LogP contribution in [-0.2, 0) is 4.79 Å². The molecule has 1 aromatic rings. The molecule has 20 heavy (non-hydrogen) atoms. The summed E-state index contributed by atoms with van der Waals surface area (Å²) in [6.07, 6.45) is 1.89. The molecule has 0 radical (unpaired) electrons. The molecule has 1 N–H and O–H groups in total. The molecule has 1 atom stereocenters. The van der Waals surface area contributed by atoms with Crippen LogP contribution < -0.4 is 4.90 Å². The molecule has 7 nitrogen and oxygen atoms in total. The third-order valence-corrected chi connectivity index (χ3v) is 3.20. The number of nitro groups is 1. The minimum Gasteiger partial charge on any atom is -0.478 e. The number of aromatic carboxylic acids is 1. The first kappa shape index (κ1) is 13.7. The number of hydrogen-bond donors (Lipinski definition) is 1. The molecule has 1 fully saturated rings. The van der Waals surface area contributed by atoms with Crippen LogP contribution in [0.2, 0.25) is 0 Å². The Hall–Kier alpha value is -2.70. The van der Waals surface area contributed by atoms with Gasteiger partial charge >= 0.3 is 5.97 Å². The summed E-state index contributed by atoms with van der Waals surface area (Å²) in [6, 6.07) is 3.51. The van der Waals surface area contributed by atoms with Crippen LogP contribution >= 0.6 is 0 Å². The fourth-order valence-electron chi connectivity index (χ4n) is 2.16. The van der Waals surface area contributed by atoms with Crippen molar-refractivity contribution in [3.63, 3.8) is 0 Å². The van der Waals surface area contributed by atoms with Gasteiger partial charge in [-0.25, -0.2) is 4.79 Å². The lowest BCUT2D eigenvalue weighted by atomic mass is 10.1. The van der Waals surface area contributed by atoms with E-state index in [1.54, 1.807) is 6.08 Å². The minimum atomic E-state index is -1.25. The summed E-state index contributed by atoms with van der Waals surface area (Å²) in [5.41, 5.74) is -0.454. The number of anilines is 1. The van der Waals surface area contributed by atoms with E-state index in [0.717, 1.165) is 6.07 Å². The van der Waals surface area contributed by atoms with Gasteiger partial charge in [0.05, 0.1) is 10.5 Å². The summed E-state index contributed by atoms with van der Waals surface area (Å²) >= 11 is 0. The number of nitro benzene ring substituents is 1. The first-order chi connectivity index (χ1) is 9.43. The van der Waals surface area contributed by atoms with Crippen molar-refractivity contribution < 1.29 is 19.6 Å².